The van der Waals surface area contributed by atoms with Gasteiger partial charge in [-0.15, -0.1) is 0 Å². The molecule has 2 atom stereocenters. The van der Waals surface area contributed by atoms with Crippen molar-refractivity contribution < 1.29 is 10.1 Å². The molecule has 0 spiro atoms. The molecule has 5 rings (SSSR count). The SMILES string of the molecule is C[C@H]([NH2+][C@@H](C)C12CC3CC(CC(C3)C1)C2)C(=O)NC1CC1. The smallest absolute Gasteiger partial charge is 0.278 e. The number of hydrogen-bond donors (Lipinski definition) is 2. The van der Waals surface area contributed by atoms with E-state index in [1.54, 1.807) is 0 Å². The molecule has 21 heavy (non-hydrogen) atoms. The highest BCUT2D eigenvalue weighted by atomic mass is 16.2. The zero-order chi connectivity index (χ0) is 14.6. The van der Waals surface area contributed by atoms with E-state index in [0.717, 1.165) is 17.8 Å². The molecule has 5 aliphatic carbocycles. The third-order valence-electron chi connectivity index (χ3n) is 6.97. The van der Waals surface area contributed by atoms with Crippen LogP contribution in [0, 0.1) is 23.2 Å². The van der Waals surface area contributed by atoms with Gasteiger partial charge in [0.05, 0.1) is 6.04 Å². The summed E-state index contributed by atoms with van der Waals surface area (Å²) in [6.45, 7) is 4.49. The molecule has 1 amide bonds. The fourth-order valence-electron chi connectivity index (χ4n) is 6.02. The van der Waals surface area contributed by atoms with Crippen LogP contribution in [-0.2, 0) is 4.79 Å². The Morgan fingerprint density at radius 3 is 2.05 bits per heavy atom. The summed E-state index contributed by atoms with van der Waals surface area (Å²) in [6.07, 6.45) is 11.2. The number of nitrogens with two attached hydrogens (primary N) is 1. The maximum atomic E-state index is 12.2. The Labute approximate surface area is 128 Å². The van der Waals surface area contributed by atoms with Crippen LogP contribution in [0.15, 0.2) is 0 Å². The van der Waals surface area contributed by atoms with Gasteiger partial charge in [0, 0.05) is 11.5 Å². The molecule has 0 heterocycles. The fourth-order valence-corrected chi connectivity index (χ4v) is 6.02. The van der Waals surface area contributed by atoms with Crippen molar-refractivity contribution in [3.8, 4) is 0 Å². The molecule has 0 aromatic rings. The highest BCUT2D eigenvalue weighted by Crippen LogP contribution is 2.60. The summed E-state index contributed by atoms with van der Waals surface area (Å²) >= 11 is 0. The molecule has 0 radical (unpaired) electrons. The first kappa shape index (κ1) is 14.0. The van der Waals surface area contributed by atoms with Crippen LogP contribution in [0.4, 0.5) is 0 Å². The van der Waals surface area contributed by atoms with E-state index in [0.29, 0.717) is 17.5 Å². The van der Waals surface area contributed by atoms with Gasteiger partial charge in [-0.2, -0.15) is 0 Å². The lowest BCUT2D eigenvalue weighted by molar-refractivity contribution is -0.719. The number of hydrogen-bond acceptors (Lipinski definition) is 1. The first-order chi connectivity index (χ1) is 10.0. The lowest BCUT2D eigenvalue weighted by Gasteiger charge is -2.58. The molecule has 3 N–H and O–H groups in total. The summed E-state index contributed by atoms with van der Waals surface area (Å²) in [4.78, 5) is 12.2. The first-order valence-corrected chi connectivity index (χ1v) is 9.19. The van der Waals surface area contributed by atoms with E-state index in [2.05, 4.69) is 24.5 Å². The highest BCUT2D eigenvalue weighted by molar-refractivity contribution is 5.80. The molecule has 0 aromatic heterocycles. The normalized spacial score (nSPS) is 43.6. The second-order valence-electron chi connectivity index (χ2n) is 8.83. The van der Waals surface area contributed by atoms with Crippen molar-refractivity contribution in [2.45, 2.75) is 83.3 Å². The van der Waals surface area contributed by atoms with Crippen molar-refractivity contribution in [3.05, 3.63) is 0 Å². The largest absolute Gasteiger partial charge is 0.348 e. The van der Waals surface area contributed by atoms with Gasteiger partial charge in [-0.1, -0.05) is 0 Å². The Morgan fingerprint density at radius 1 is 1.05 bits per heavy atom. The van der Waals surface area contributed by atoms with Gasteiger partial charge in [-0.3, -0.25) is 4.79 Å². The molecule has 5 aliphatic rings. The molecule has 4 bridgehead atoms. The predicted octanol–water partition coefficient (Wildman–Crippen LogP) is 1.82. The highest BCUT2D eigenvalue weighted by Gasteiger charge is 2.54. The maximum Gasteiger partial charge on any atom is 0.278 e. The number of amides is 1. The van der Waals surface area contributed by atoms with E-state index in [9.17, 15) is 4.79 Å². The van der Waals surface area contributed by atoms with Gasteiger partial charge in [0.15, 0.2) is 6.04 Å². The van der Waals surface area contributed by atoms with E-state index >= 15 is 0 Å². The minimum absolute atomic E-state index is 0.0774. The molecule has 0 unspecified atom stereocenters. The topological polar surface area (TPSA) is 45.7 Å². The fraction of sp³-hybridized carbons (Fsp3) is 0.944. The van der Waals surface area contributed by atoms with Gasteiger partial charge in [0.2, 0.25) is 0 Å². The van der Waals surface area contributed by atoms with Crippen molar-refractivity contribution in [1.29, 1.82) is 0 Å². The van der Waals surface area contributed by atoms with Crippen molar-refractivity contribution in [2.75, 3.05) is 0 Å². The lowest BCUT2D eigenvalue weighted by atomic mass is 9.48. The standard InChI is InChI=1S/C18H30N2O/c1-11(17(21)20-16-3-4-16)19-12(2)18-8-13-5-14(9-18)7-15(6-13)10-18/h11-16,19H,3-10H2,1-2H3,(H,20,21)/p+1/t11-,12-,13?,14?,15?,18?/m0/s1. The Bertz CT molecular complexity index is 394. The van der Waals surface area contributed by atoms with Crippen molar-refractivity contribution >= 4 is 5.91 Å². The molecule has 0 aliphatic heterocycles. The van der Waals surface area contributed by atoms with Crippen LogP contribution in [0.25, 0.3) is 0 Å². The van der Waals surface area contributed by atoms with Crippen LogP contribution in [0.2, 0.25) is 0 Å². The molecule has 3 heteroatoms. The van der Waals surface area contributed by atoms with Crippen LogP contribution >= 0.6 is 0 Å². The summed E-state index contributed by atoms with van der Waals surface area (Å²) < 4.78 is 0. The van der Waals surface area contributed by atoms with Crippen LogP contribution in [-0.4, -0.2) is 24.0 Å². The molecule has 0 aromatic carbocycles. The quantitative estimate of drug-likeness (QED) is 0.797. The van der Waals surface area contributed by atoms with E-state index < -0.39 is 0 Å². The van der Waals surface area contributed by atoms with Gasteiger partial charge in [-0.05, 0) is 83.0 Å². The Kier molecular flexibility index (Phi) is 3.33. The Morgan fingerprint density at radius 2 is 1.57 bits per heavy atom. The molecule has 5 saturated carbocycles. The second kappa shape index (κ2) is 4.97. The second-order valence-corrected chi connectivity index (χ2v) is 8.83. The zero-order valence-corrected chi connectivity index (χ0v) is 13.6. The molecule has 5 fully saturated rings. The molecule has 0 saturated heterocycles. The van der Waals surface area contributed by atoms with E-state index in [1.165, 1.54) is 51.4 Å². The summed E-state index contributed by atoms with van der Waals surface area (Å²) in [5.74, 6) is 3.27. The number of carbonyl (C=O) groups excluding carboxylic acids is 1. The lowest BCUT2D eigenvalue weighted by Crippen LogP contribution is -2.98. The van der Waals surface area contributed by atoms with Crippen LogP contribution in [0.3, 0.4) is 0 Å². The van der Waals surface area contributed by atoms with Gasteiger partial charge < -0.3 is 10.6 Å². The molecular weight excluding hydrogens is 260 g/mol. The summed E-state index contributed by atoms with van der Waals surface area (Å²) in [5, 5.41) is 5.54. The minimum atomic E-state index is 0.0774. The third kappa shape index (κ3) is 2.62. The van der Waals surface area contributed by atoms with Crippen LogP contribution in [0.5, 0.6) is 0 Å². The average Bonchev–Trinajstić information content (AvgIpc) is 3.20. The van der Waals surface area contributed by atoms with E-state index in [4.69, 9.17) is 0 Å². The van der Waals surface area contributed by atoms with Crippen LogP contribution < -0.4 is 10.6 Å². The van der Waals surface area contributed by atoms with Gasteiger partial charge in [0.25, 0.3) is 5.91 Å². The first-order valence-electron chi connectivity index (χ1n) is 9.19. The Hall–Kier alpha value is -0.570. The number of carbonyl (C=O) groups is 1. The number of nitrogens with one attached hydrogen (secondary N) is 1. The number of quaternary nitrogens is 1. The summed E-state index contributed by atoms with van der Waals surface area (Å²) in [5.41, 5.74) is 0.545. The minimum Gasteiger partial charge on any atom is -0.348 e. The summed E-state index contributed by atoms with van der Waals surface area (Å²) in [6, 6.07) is 1.17. The van der Waals surface area contributed by atoms with Crippen LogP contribution in [0.1, 0.15) is 65.2 Å². The van der Waals surface area contributed by atoms with Gasteiger partial charge in [-0.25, -0.2) is 0 Å². The molecule has 3 nitrogen and oxygen atoms in total. The van der Waals surface area contributed by atoms with Gasteiger partial charge >= 0.3 is 0 Å². The molecular formula is C18H31N2O+. The zero-order valence-electron chi connectivity index (χ0n) is 13.6. The van der Waals surface area contributed by atoms with E-state index in [-0.39, 0.29) is 11.9 Å². The average molecular weight is 291 g/mol. The maximum absolute atomic E-state index is 12.2. The third-order valence-corrected chi connectivity index (χ3v) is 6.97. The summed E-state index contributed by atoms with van der Waals surface area (Å²) in [7, 11) is 0. The monoisotopic (exact) mass is 291 g/mol. The van der Waals surface area contributed by atoms with E-state index in [1.807, 2.05) is 0 Å². The molecule has 118 valence electrons. The van der Waals surface area contributed by atoms with Crippen molar-refractivity contribution in [1.82, 2.24) is 5.32 Å². The van der Waals surface area contributed by atoms with Crippen molar-refractivity contribution in [2.24, 2.45) is 23.2 Å². The number of rotatable bonds is 5. The van der Waals surface area contributed by atoms with Crippen molar-refractivity contribution in [3.63, 3.8) is 0 Å². The van der Waals surface area contributed by atoms with Gasteiger partial charge in [0.1, 0.15) is 0 Å². The Balaban J connectivity index is 1.39. The predicted molar refractivity (Wildman–Crippen MR) is 82.6 cm³/mol.